The Morgan fingerprint density at radius 3 is 2.76 bits per heavy atom. The number of rotatable bonds is 4. The van der Waals surface area contributed by atoms with Gasteiger partial charge in [-0.3, -0.25) is 0 Å². The van der Waals surface area contributed by atoms with Gasteiger partial charge in [0.25, 0.3) is 5.89 Å². The average molecular weight is 289 g/mol. The summed E-state index contributed by atoms with van der Waals surface area (Å²) < 4.78 is 16.4. The fourth-order valence-corrected chi connectivity index (χ4v) is 2.62. The van der Waals surface area contributed by atoms with Gasteiger partial charge in [0.2, 0.25) is 5.82 Å². The minimum absolute atomic E-state index is 0.477. The molecule has 21 heavy (non-hydrogen) atoms. The highest BCUT2D eigenvalue weighted by Gasteiger charge is 2.39. The number of hydrogen-bond donors (Lipinski definition) is 1. The lowest BCUT2D eigenvalue weighted by Gasteiger charge is -2.32. The van der Waals surface area contributed by atoms with Gasteiger partial charge < -0.3 is 19.3 Å². The molecule has 0 amide bonds. The summed E-state index contributed by atoms with van der Waals surface area (Å²) in [4.78, 5) is 4.54. The first-order valence-electron chi connectivity index (χ1n) is 7.02. The summed E-state index contributed by atoms with van der Waals surface area (Å²) in [6, 6.07) is 7.60. The lowest BCUT2D eigenvalue weighted by molar-refractivity contribution is -0.0622. The largest absolute Gasteiger partial charge is 0.497 e. The minimum atomic E-state index is -0.477. The minimum Gasteiger partial charge on any atom is -0.497 e. The molecule has 0 saturated carbocycles. The normalized spacial score (nSPS) is 17.6. The molecule has 0 spiro atoms. The molecule has 1 aliphatic rings. The van der Waals surface area contributed by atoms with Crippen molar-refractivity contribution < 1.29 is 14.0 Å². The highest BCUT2D eigenvalue weighted by Crippen LogP contribution is 2.34. The summed E-state index contributed by atoms with van der Waals surface area (Å²) in [5.74, 6) is 1.87. The summed E-state index contributed by atoms with van der Waals surface area (Å²) in [6.45, 7) is 1.76. The van der Waals surface area contributed by atoms with Crippen molar-refractivity contribution in [1.29, 1.82) is 0 Å². The standard InChI is InChI=1S/C15H19N3O3/c1-19-12-5-3-4-11(10-12)13-17-14(21-18-13)15(20-2)6-8-16-9-7-15/h3-5,10,16H,6-9H2,1-2H3. The van der Waals surface area contributed by atoms with Crippen molar-refractivity contribution in [2.75, 3.05) is 27.3 Å². The number of benzene rings is 1. The Kier molecular flexibility index (Phi) is 3.90. The van der Waals surface area contributed by atoms with E-state index in [0.29, 0.717) is 11.7 Å². The van der Waals surface area contributed by atoms with Crippen LogP contribution in [0.5, 0.6) is 5.75 Å². The second-order valence-corrected chi connectivity index (χ2v) is 5.10. The van der Waals surface area contributed by atoms with E-state index in [1.54, 1.807) is 14.2 Å². The van der Waals surface area contributed by atoms with Gasteiger partial charge in [0, 0.05) is 12.7 Å². The average Bonchev–Trinajstić information content (AvgIpc) is 3.06. The van der Waals surface area contributed by atoms with Crippen LogP contribution < -0.4 is 10.1 Å². The third-order valence-electron chi connectivity index (χ3n) is 3.95. The summed E-state index contributed by atoms with van der Waals surface area (Å²) in [7, 11) is 3.33. The van der Waals surface area contributed by atoms with E-state index in [4.69, 9.17) is 14.0 Å². The number of nitrogens with zero attached hydrogens (tertiary/aromatic N) is 2. The van der Waals surface area contributed by atoms with E-state index in [9.17, 15) is 0 Å². The number of hydrogen-bond acceptors (Lipinski definition) is 6. The van der Waals surface area contributed by atoms with Crippen molar-refractivity contribution in [1.82, 2.24) is 15.5 Å². The van der Waals surface area contributed by atoms with Crippen LogP contribution in [0.1, 0.15) is 18.7 Å². The van der Waals surface area contributed by atoms with Crippen LogP contribution in [0, 0.1) is 0 Å². The molecule has 1 aromatic carbocycles. The van der Waals surface area contributed by atoms with E-state index in [1.165, 1.54) is 0 Å². The zero-order valence-corrected chi connectivity index (χ0v) is 12.3. The Labute approximate surface area is 123 Å². The van der Waals surface area contributed by atoms with E-state index in [2.05, 4.69) is 15.5 Å². The molecule has 1 N–H and O–H groups in total. The molecule has 1 saturated heterocycles. The molecular weight excluding hydrogens is 270 g/mol. The third-order valence-corrected chi connectivity index (χ3v) is 3.95. The molecule has 112 valence electrons. The first-order valence-corrected chi connectivity index (χ1v) is 7.02. The van der Waals surface area contributed by atoms with Crippen LogP contribution in [0.15, 0.2) is 28.8 Å². The molecule has 0 aliphatic carbocycles. The van der Waals surface area contributed by atoms with Gasteiger partial charge in [0.1, 0.15) is 11.4 Å². The lowest BCUT2D eigenvalue weighted by atomic mass is 9.92. The zero-order valence-electron chi connectivity index (χ0n) is 12.3. The quantitative estimate of drug-likeness (QED) is 0.928. The highest BCUT2D eigenvalue weighted by atomic mass is 16.5. The Bertz CT molecular complexity index is 606. The van der Waals surface area contributed by atoms with Crippen molar-refractivity contribution in [3.63, 3.8) is 0 Å². The third kappa shape index (κ3) is 2.64. The maximum atomic E-state index is 5.70. The van der Waals surface area contributed by atoms with Gasteiger partial charge in [0.15, 0.2) is 0 Å². The molecule has 3 rings (SSSR count). The Morgan fingerprint density at radius 2 is 2.05 bits per heavy atom. The van der Waals surface area contributed by atoms with Gasteiger partial charge in [-0.05, 0) is 38.1 Å². The number of aromatic nitrogens is 2. The molecule has 1 fully saturated rings. The Hall–Kier alpha value is -1.92. The maximum Gasteiger partial charge on any atom is 0.259 e. The fourth-order valence-electron chi connectivity index (χ4n) is 2.62. The SMILES string of the molecule is COc1cccc(-c2noc(C3(OC)CCNCC3)n2)c1. The van der Waals surface area contributed by atoms with E-state index in [0.717, 1.165) is 37.2 Å². The molecule has 6 nitrogen and oxygen atoms in total. The number of nitrogens with one attached hydrogen (secondary N) is 1. The smallest absolute Gasteiger partial charge is 0.259 e. The van der Waals surface area contributed by atoms with E-state index < -0.39 is 5.60 Å². The van der Waals surface area contributed by atoms with Crippen LogP contribution in [-0.2, 0) is 10.3 Å². The van der Waals surface area contributed by atoms with E-state index in [-0.39, 0.29) is 0 Å². The Morgan fingerprint density at radius 1 is 1.24 bits per heavy atom. The van der Waals surface area contributed by atoms with Gasteiger partial charge in [-0.15, -0.1) is 0 Å². The van der Waals surface area contributed by atoms with Crippen LogP contribution in [0.2, 0.25) is 0 Å². The van der Waals surface area contributed by atoms with Gasteiger partial charge in [-0.1, -0.05) is 17.3 Å². The zero-order chi connectivity index (χ0) is 14.7. The molecule has 1 aromatic heterocycles. The van der Waals surface area contributed by atoms with E-state index in [1.807, 2.05) is 24.3 Å². The molecule has 0 unspecified atom stereocenters. The monoisotopic (exact) mass is 289 g/mol. The summed E-state index contributed by atoms with van der Waals surface area (Å²) in [6.07, 6.45) is 1.65. The van der Waals surface area contributed by atoms with Crippen molar-refractivity contribution in [2.24, 2.45) is 0 Å². The topological polar surface area (TPSA) is 69.4 Å². The van der Waals surface area contributed by atoms with Crippen LogP contribution in [0.4, 0.5) is 0 Å². The maximum absolute atomic E-state index is 5.70. The van der Waals surface area contributed by atoms with Gasteiger partial charge in [0.05, 0.1) is 7.11 Å². The predicted octanol–water partition coefficient (Wildman–Crippen LogP) is 1.97. The molecular formula is C15H19N3O3. The van der Waals surface area contributed by atoms with Crippen LogP contribution >= 0.6 is 0 Å². The molecule has 0 bridgehead atoms. The fraction of sp³-hybridized carbons (Fsp3) is 0.467. The molecule has 2 heterocycles. The summed E-state index contributed by atoms with van der Waals surface area (Å²) in [5, 5.41) is 7.40. The molecule has 1 aliphatic heterocycles. The molecule has 0 atom stereocenters. The van der Waals surface area contributed by atoms with E-state index >= 15 is 0 Å². The number of piperidine rings is 1. The highest BCUT2D eigenvalue weighted by molar-refractivity contribution is 5.56. The van der Waals surface area contributed by atoms with Crippen molar-refractivity contribution in [3.05, 3.63) is 30.2 Å². The summed E-state index contributed by atoms with van der Waals surface area (Å²) >= 11 is 0. The number of ether oxygens (including phenoxy) is 2. The number of methoxy groups -OCH3 is 2. The first kappa shape index (κ1) is 14.0. The first-order chi connectivity index (χ1) is 10.3. The van der Waals surface area contributed by atoms with Crippen molar-refractivity contribution >= 4 is 0 Å². The van der Waals surface area contributed by atoms with Gasteiger partial charge in [-0.2, -0.15) is 4.98 Å². The second kappa shape index (κ2) is 5.83. The van der Waals surface area contributed by atoms with Crippen LogP contribution in [-0.4, -0.2) is 37.4 Å². The Balaban J connectivity index is 1.91. The van der Waals surface area contributed by atoms with Crippen LogP contribution in [0.3, 0.4) is 0 Å². The van der Waals surface area contributed by atoms with Crippen molar-refractivity contribution in [3.8, 4) is 17.1 Å². The molecule has 6 heteroatoms. The lowest BCUT2D eigenvalue weighted by Crippen LogP contribution is -2.41. The predicted molar refractivity (Wildman–Crippen MR) is 77.1 cm³/mol. The second-order valence-electron chi connectivity index (χ2n) is 5.10. The summed E-state index contributed by atoms with van der Waals surface area (Å²) in [5.41, 5.74) is 0.388. The van der Waals surface area contributed by atoms with Gasteiger partial charge in [-0.25, -0.2) is 0 Å². The van der Waals surface area contributed by atoms with Crippen molar-refractivity contribution in [2.45, 2.75) is 18.4 Å². The van der Waals surface area contributed by atoms with Gasteiger partial charge >= 0.3 is 0 Å². The molecule has 2 aromatic rings. The van der Waals surface area contributed by atoms with Crippen LogP contribution in [0.25, 0.3) is 11.4 Å². The molecule has 0 radical (unpaired) electrons.